The maximum atomic E-state index is 10.9. The van der Waals surface area contributed by atoms with Crippen molar-refractivity contribution in [1.29, 1.82) is 0 Å². The summed E-state index contributed by atoms with van der Waals surface area (Å²) in [6.45, 7) is 3.24. The van der Waals surface area contributed by atoms with Crippen molar-refractivity contribution < 1.29 is 9.32 Å². The van der Waals surface area contributed by atoms with E-state index in [1.807, 2.05) is 30.3 Å². The molecule has 2 rings (SSSR count). The smallest absolute Gasteiger partial charge is 0.249 e. The Morgan fingerprint density at radius 1 is 1.35 bits per heavy atom. The maximum Gasteiger partial charge on any atom is 0.249 e. The van der Waals surface area contributed by atoms with Crippen LogP contribution >= 0.6 is 0 Å². The number of aromatic nitrogens is 2. The van der Waals surface area contributed by atoms with Gasteiger partial charge in [0.05, 0.1) is 0 Å². The first kappa shape index (κ1) is 11.3. The second-order valence-corrected chi connectivity index (χ2v) is 3.74. The molecule has 2 aromatic rings. The fraction of sp³-hybridized carbons (Fsp3) is 0.250. The van der Waals surface area contributed by atoms with Crippen molar-refractivity contribution in [3.05, 3.63) is 36.2 Å². The zero-order valence-corrected chi connectivity index (χ0v) is 9.68. The van der Waals surface area contributed by atoms with Crippen molar-refractivity contribution in [2.45, 2.75) is 19.9 Å². The Morgan fingerprint density at radius 2 is 2.06 bits per heavy atom. The summed E-state index contributed by atoms with van der Waals surface area (Å²) >= 11 is 0. The van der Waals surface area contributed by atoms with Crippen molar-refractivity contribution in [2.75, 3.05) is 0 Å². The zero-order valence-electron chi connectivity index (χ0n) is 9.68. The molecule has 0 spiro atoms. The Balaban J connectivity index is 2.19. The first-order chi connectivity index (χ1) is 8.16. The van der Waals surface area contributed by atoms with E-state index in [1.54, 1.807) is 6.92 Å². The molecule has 0 aliphatic rings. The van der Waals surface area contributed by atoms with Crippen LogP contribution in [0, 0.1) is 0 Å². The molecule has 0 saturated heterocycles. The summed E-state index contributed by atoms with van der Waals surface area (Å²) in [5.41, 5.74) is 0.887. The summed E-state index contributed by atoms with van der Waals surface area (Å²) in [4.78, 5) is 15.1. The van der Waals surface area contributed by atoms with Crippen molar-refractivity contribution in [1.82, 2.24) is 15.5 Å². The molecule has 0 aliphatic heterocycles. The van der Waals surface area contributed by atoms with E-state index in [4.69, 9.17) is 4.52 Å². The number of benzene rings is 1. The Labute approximate surface area is 98.8 Å². The molecule has 5 nitrogen and oxygen atoms in total. The van der Waals surface area contributed by atoms with Crippen molar-refractivity contribution in [2.24, 2.45) is 0 Å². The normalized spacial score (nSPS) is 12.1. The molecule has 0 unspecified atom stereocenters. The Kier molecular flexibility index (Phi) is 3.18. The first-order valence-corrected chi connectivity index (χ1v) is 5.33. The molecule has 0 aliphatic carbocycles. The number of hydrogen-bond donors (Lipinski definition) is 1. The van der Waals surface area contributed by atoms with E-state index >= 15 is 0 Å². The fourth-order valence-corrected chi connectivity index (χ4v) is 1.48. The van der Waals surface area contributed by atoms with Gasteiger partial charge in [0.15, 0.2) is 0 Å². The lowest BCUT2D eigenvalue weighted by Gasteiger charge is -2.05. The van der Waals surface area contributed by atoms with Crippen molar-refractivity contribution in [3.8, 4) is 11.4 Å². The van der Waals surface area contributed by atoms with Gasteiger partial charge >= 0.3 is 0 Å². The lowest BCUT2D eigenvalue weighted by Crippen LogP contribution is -2.23. The third kappa shape index (κ3) is 2.69. The molecular formula is C12H13N3O2. The minimum absolute atomic E-state index is 0.128. The molecule has 1 amide bonds. The minimum Gasteiger partial charge on any atom is -0.345 e. The maximum absolute atomic E-state index is 10.9. The Bertz CT molecular complexity index is 507. The number of rotatable bonds is 3. The summed E-state index contributed by atoms with van der Waals surface area (Å²) in [6.07, 6.45) is 0. The third-order valence-corrected chi connectivity index (χ3v) is 2.26. The summed E-state index contributed by atoms with van der Waals surface area (Å²) in [7, 11) is 0. The minimum atomic E-state index is -0.280. The third-order valence-electron chi connectivity index (χ3n) is 2.26. The van der Waals surface area contributed by atoms with Crippen LogP contribution < -0.4 is 5.32 Å². The highest BCUT2D eigenvalue weighted by Crippen LogP contribution is 2.17. The lowest BCUT2D eigenvalue weighted by atomic mass is 10.2. The Morgan fingerprint density at radius 3 is 2.71 bits per heavy atom. The molecule has 1 atom stereocenters. The summed E-state index contributed by atoms with van der Waals surface area (Å²) in [5.74, 6) is 0.800. The quantitative estimate of drug-likeness (QED) is 0.876. The largest absolute Gasteiger partial charge is 0.345 e. The molecule has 0 bridgehead atoms. The van der Waals surface area contributed by atoms with E-state index in [-0.39, 0.29) is 11.9 Å². The highest BCUT2D eigenvalue weighted by atomic mass is 16.5. The topological polar surface area (TPSA) is 68.0 Å². The van der Waals surface area contributed by atoms with Crippen LogP contribution in [0.5, 0.6) is 0 Å². The molecule has 88 valence electrons. The van der Waals surface area contributed by atoms with E-state index in [0.29, 0.717) is 11.7 Å². The van der Waals surface area contributed by atoms with Gasteiger partial charge in [-0.05, 0) is 6.92 Å². The van der Waals surface area contributed by atoms with Crippen LogP contribution in [0.1, 0.15) is 25.8 Å². The molecule has 1 heterocycles. The van der Waals surface area contributed by atoms with Gasteiger partial charge in [0.25, 0.3) is 0 Å². The average Bonchev–Trinajstić information content (AvgIpc) is 2.78. The van der Waals surface area contributed by atoms with Crippen LogP contribution in [-0.4, -0.2) is 16.0 Å². The monoisotopic (exact) mass is 231 g/mol. The summed E-state index contributed by atoms with van der Waals surface area (Å²) in [5, 5.41) is 6.57. The van der Waals surface area contributed by atoms with Gasteiger partial charge in [0.1, 0.15) is 6.04 Å². The molecule has 0 fully saturated rings. The number of nitrogens with one attached hydrogen (secondary N) is 1. The second-order valence-electron chi connectivity index (χ2n) is 3.74. The predicted octanol–water partition coefficient (Wildman–Crippen LogP) is 1.93. The van der Waals surface area contributed by atoms with Crippen LogP contribution in [0.3, 0.4) is 0 Å². The van der Waals surface area contributed by atoms with Crippen LogP contribution in [0.4, 0.5) is 0 Å². The van der Waals surface area contributed by atoms with Gasteiger partial charge in [-0.25, -0.2) is 0 Å². The van der Waals surface area contributed by atoms with Gasteiger partial charge in [0, 0.05) is 12.5 Å². The van der Waals surface area contributed by atoms with Crippen LogP contribution in [0.2, 0.25) is 0 Å². The average molecular weight is 231 g/mol. The van der Waals surface area contributed by atoms with Crippen LogP contribution in [0.15, 0.2) is 34.9 Å². The fourth-order valence-electron chi connectivity index (χ4n) is 1.48. The lowest BCUT2D eigenvalue weighted by molar-refractivity contribution is -0.119. The molecule has 5 heteroatoms. The van der Waals surface area contributed by atoms with Crippen molar-refractivity contribution in [3.63, 3.8) is 0 Å². The van der Waals surface area contributed by atoms with Crippen LogP contribution in [-0.2, 0) is 4.79 Å². The number of carbonyl (C=O) groups is 1. The van der Waals surface area contributed by atoms with Crippen molar-refractivity contribution >= 4 is 5.91 Å². The number of amides is 1. The molecule has 1 aromatic carbocycles. The van der Waals surface area contributed by atoms with Gasteiger partial charge < -0.3 is 9.84 Å². The van der Waals surface area contributed by atoms with Crippen LogP contribution in [0.25, 0.3) is 11.4 Å². The molecular weight excluding hydrogens is 218 g/mol. The molecule has 17 heavy (non-hydrogen) atoms. The number of carbonyl (C=O) groups excluding carboxylic acids is 1. The summed E-state index contributed by atoms with van der Waals surface area (Å²) < 4.78 is 5.11. The van der Waals surface area contributed by atoms with E-state index in [2.05, 4.69) is 15.5 Å². The van der Waals surface area contributed by atoms with E-state index in [9.17, 15) is 4.79 Å². The van der Waals surface area contributed by atoms with Gasteiger partial charge in [-0.3, -0.25) is 4.79 Å². The Hall–Kier alpha value is -2.17. The SMILES string of the molecule is CC(=O)N[C@H](C)c1nc(-c2ccccc2)no1. The molecule has 1 N–H and O–H groups in total. The van der Waals surface area contributed by atoms with Gasteiger partial charge in [-0.1, -0.05) is 35.5 Å². The standard InChI is InChI=1S/C12H13N3O2/c1-8(13-9(2)16)12-14-11(15-17-12)10-6-4-3-5-7-10/h3-8H,1-2H3,(H,13,16)/t8-/m1/s1. The highest BCUT2D eigenvalue weighted by molar-refractivity contribution is 5.73. The van der Waals surface area contributed by atoms with Gasteiger partial charge in [-0.15, -0.1) is 0 Å². The summed E-state index contributed by atoms with van der Waals surface area (Å²) in [6, 6.07) is 9.25. The zero-order chi connectivity index (χ0) is 12.3. The highest BCUT2D eigenvalue weighted by Gasteiger charge is 2.15. The predicted molar refractivity (Wildman–Crippen MR) is 62.0 cm³/mol. The van der Waals surface area contributed by atoms with E-state index in [0.717, 1.165) is 5.56 Å². The number of nitrogens with zero attached hydrogens (tertiary/aromatic N) is 2. The number of hydrogen-bond acceptors (Lipinski definition) is 4. The van der Waals surface area contributed by atoms with E-state index in [1.165, 1.54) is 6.92 Å². The second kappa shape index (κ2) is 4.78. The molecule has 0 saturated carbocycles. The first-order valence-electron chi connectivity index (χ1n) is 5.33. The molecule has 0 radical (unpaired) electrons. The van der Waals surface area contributed by atoms with Gasteiger partial charge in [0.2, 0.25) is 17.6 Å². The van der Waals surface area contributed by atoms with E-state index < -0.39 is 0 Å². The molecule has 1 aromatic heterocycles. The van der Waals surface area contributed by atoms with Gasteiger partial charge in [-0.2, -0.15) is 4.98 Å².